The molecule has 6 rings (SSSR count). The zero-order chi connectivity index (χ0) is 28.5. The van der Waals surface area contributed by atoms with Gasteiger partial charge in [0, 0.05) is 49.2 Å². The third-order valence-corrected chi connectivity index (χ3v) is 9.40. The monoisotopic (exact) mass is 558 g/mol. The van der Waals surface area contributed by atoms with Gasteiger partial charge in [-0.2, -0.15) is 0 Å². The van der Waals surface area contributed by atoms with Gasteiger partial charge < -0.3 is 29.1 Å². The Balaban J connectivity index is 1.42. The van der Waals surface area contributed by atoms with Crippen LogP contribution >= 0.6 is 0 Å². The van der Waals surface area contributed by atoms with Crippen molar-refractivity contribution >= 4 is 28.5 Å². The second-order valence-electron chi connectivity index (χ2n) is 11.6. The molecular weight excluding hydrogens is 516 g/mol. The summed E-state index contributed by atoms with van der Waals surface area (Å²) in [7, 11) is 0. The fourth-order valence-electron chi connectivity index (χ4n) is 7.13. The number of likely N-dealkylation sites (N-methyl/N-ethyl adjacent to an activating group) is 2. The van der Waals surface area contributed by atoms with Gasteiger partial charge in [0.2, 0.25) is 5.91 Å². The maximum absolute atomic E-state index is 13.4. The average molecular weight is 559 g/mol. The van der Waals surface area contributed by atoms with E-state index in [4.69, 9.17) is 4.74 Å². The molecule has 8 nitrogen and oxygen atoms in total. The first kappa shape index (κ1) is 27.6. The third-order valence-electron chi connectivity index (χ3n) is 9.40. The van der Waals surface area contributed by atoms with Crippen molar-refractivity contribution < 1.29 is 19.4 Å². The van der Waals surface area contributed by atoms with E-state index in [9.17, 15) is 14.7 Å². The van der Waals surface area contributed by atoms with Crippen molar-refractivity contribution in [1.82, 2.24) is 14.4 Å². The number of para-hydroxylation sites is 1. The Kier molecular flexibility index (Phi) is 7.93. The molecule has 2 aromatic carbocycles. The van der Waals surface area contributed by atoms with Crippen LogP contribution in [-0.2, 0) is 11.3 Å². The Morgan fingerprint density at radius 3 is 2.49 bits per heavy atom. The van der Waals surface area contributed by atoms with Crippen LogP contribution in [0.5, 0.6) is 5.75 Å². The molecular formula is C33H42N4O4. The van der Waals surface area contributed by atoms with Crippen LogP contribution in [0.25, 0.3) is 22.2 Å². The number of ether oxygens (including phenoxy) is 1. The number of amides is 1. The van der Waals surface area contributed by atoms with Crippen molar-refractivity contribution in [2.45, 2.75) is 58.4 Å². The van der Waals surface area contributed by atoms with Crippen LogP contribution in [0.3, 0.4) is 0 Å². The summed E-state index contributed by atoms with van der Waals surface area (Å²) >= 11 is 0. The lowest BCUT2D eigenvalue weighted by Crippen LogP contribution is -2.51. The minimum Gasteiger partial charge on any atom is -0.489 e. The molecule has 1 saturated carbocycles. The molecule has 1 saturated heterocycles. The molecule has 1 aromatic heterocycles. The van der Waals surface area contributed by atoms with Crippen molar-refractivity contribution in [2.75, 3.05) is 57.3 Å². The molecule has 41 heavy (non-hydrogen) atoms. The van der Waals surface area contributed by atoms with Gasteiger partial charge in [-0.3, -0.25) is 4.79 Å². The average Bonchev–Trinajstić information content (AvgIpc) is 3.20. The Labute approximate surface area is 242 Å². The fraction of sp³-hybridized carbons (Fsp3) is 0.515. The number of aromatic carboxylic acids is 1. The SMILES string of the molecule is CCN1CCN(C(=O)CN(CC)c2cccc3c2OCCn2c-3c(C3CCCCC3)c3ccc(C(=O)O)cc32)CC1. The highest BCUT2D eigenvalue weighted by Gasteiger charge is 2.31. The lowest BCUT2D eigenvalue weighted by molar-refractivity contribution is -0.131. The minimum atomic E-state index is -0.909. The number of carbonyl (C=O) groups is 2. The summed E-state index contributed by atoms with van der Waals surface area (Å²) in [6.45, 7) is 10.8. The van der Waals surface area contributed by atoms with E-state index in [1.807, 2.05) is 17.0 Å². The van der Waals surface area contributed by atoms with Crippen LogP contribution in [0, 0.1) is 0 Å². The van der Waals surface area contributed by atoms with Gasteiger partial charge in [-0.05, 0) is 62.1 Å². The normalized spacial score (nSPS) is 18.0. The van der Waals surface area contributed by atoms with Crippen molar-refractivity contribution in [3.05, 3.63) is 47.5 Å². The van der Waals surface area contributed by atoms with Crippen LogP contribution in [-0.4, -0.2) is 83.8 Å². The Hall–Kier alpha value is -3.52. The van der Waals surface area contributed by atoms with E-state index in [2.05, 4.69) is 46.4 Å². The van der Waals surface area contributed by atoms with E-state index in [1.165, 1.54) is 24.8 Å². The number of nitrogens with zero attached hydrogens (tertiary/aromatic N) is 4. The first-order valence-corrected chi connectivity index (χ1v) is 15.4. The summed E-state index contributed by atoms with van der Waals surface area (Å²) in [4.78, 5) is 31.8. The number of hydrogen-bond donors (Lipinski definition) is 1. The van der Waals surface area contributed by atoms with E-state index in [1.54, 1.807) is 6.07 Å². The summed E-state index contributed by atoms with van der Waals surface area (Å²) in [5, 5.41) is 10.9. The number of rotatable bonds is 7. The van der Waals surface area contributed by atoms with Crippen molar-refractivity contribution in [2.24, 2.45) is 0 Å². The standard InChI is InChI=1S/C33H42N4O4/c1-3-34-15-17-36(18-16-34)29(38)22-35(4-2)27-12-8-11-26-31-30(23-9-6-5-7-10-23)25-14-13-24(33(39)40)21-28(25)37(31)19-20-41-32(26)27/h8,11-14,21,23H,3-7,9-10,15-20,22H2,1-2H3,(H,39,40). The predicted octanol–water partition coefficient (Wildman–Crippen LogP) is 5.44. The van der Waals surface area contributed by atoms with Crippen LogP contribution < -0.4 is 9.64 Å². The van der Waals surface area contributed by atoms with Gasteiger partial charge in [0.25, 0.3) is 0 Å². The maximum atomic E-state index is 13.4. The molecule has 0 bridgehead atoms. The molecule has 3 aromatic rings. The molecule has 2 aliphatic heterocycles. The van der Waals surface area contributed by atoms with Crippen molar-refractivity contribution in [1.29, 1.82) is 0 Å². The number of carboxylic acids is 1. The summed E-state index contributed by atoms with van der Waals surface area (Å²) in [6.07, 6.45) is 5.98. The van der Waals surface area contributed by atoms with Crippen molar-refractivity contribution in [3.8, 4) is 17.0 Å². The first-order valence-electron chi connectivity index (χ1n) is 15.4. The topological polar surface area (TPSA) is 78.2 Å². The van der Waals surface area contributed by atoms with E-state index in [0.29, 0.717) is 37.7 Å². The number of fused-ring (bicyclic) bond motifs is 5. The highest BCUT2D eigenvalue weighted by atomic mass is 16.5. The molecule has 1 N–H and O–H groups in total. The molecule has 3 heterocycles. The Bertz CT molecular complexity index is 1430. The van der Waals surface area contributed by atoms with Crippen LogP contribution in [0.2, 0.25) is 0 Å². The molecule has 0 atom stereocenters. The lowest BCUT2D eigenvalue weighted by Gasteiger charge is -2.35. The fourth-order valence-corrected chi connectivity index (χ4v) is 7.13. The van der Waals surface area contributed by atoms with E-state index >= 15 is 0 Å². The van der Waals surface area contributed by atoms with Crippen LogP contribution in [0.4, 0.5) is 5.69 Å². The molecule has 3 aliphatic rings. The Morgan fingerprint density at radius 2 is 1.78 bits per heavy atom. The van der Waals surface area contributed by atoms with Crippen molar-refractivity contribution in [3.63, 3.8) is 0 Å². The Morgan fingerprint density at radius 1 is 1.00 bits per heavy atom. The van der Waals surface area contributed by atoms with Gasteiger partial charge in [-0.25, -0.2) is 4.79 Å². The third kappa shape index (κ3) is 5.18. The van der Waals surface area contributed by atoms with Gasteiger partial charge in [0.05, 0.1) is 30.0 Å². The number of aromatic nitrogens is 1. The summed E-state index contributed by atoms with van der Waals surface area (Å²) in [5.41, 5.74) is 5.75. The molecule has 0 spiro atoms. The van der Waals surface area contributed by atoms with E-state index in [0.717, 1.165) is 79.2 Å². The summed E-state index contributed by atoms with van der Waals surface area (Å²) in [5.74, 6) is 0.508. The predicted molar refractivity (Wildman–Crippen MR) is 162 cm³/mol. The first-order chi connectivity index (χ1) is 20.0. The van der Waals surface area contributed by atoms with E-state index < -0.39 is 5.97 Å². The number of benzene rings is 2. The largest absolute Gasteiger partial charge is 0.489 e. The van der Waals surface area contributed by atoms with Crippen LogP contribution in [0.15, 0.2) is 36.4 Å². The van der Waals surface area contributed by atoms with Gasteiger partial charge in [0.15, 0.2) is 5.75 Å². The molecule has 8 heteroatoms. The smallest absolute Gasteiger partial charge is 0.335 e. The minimum absolute atomic E-state index is 0.159. The molecule has 0 unspecified atom stereocenters. The molecule has 2 fully saturated rings. The number of carboxylic acid groups (broad SMARTS) is 1. The summed E-state index contributed by atoms with van der Waals surface area (Å²) < 4.78 is 8.81. The van der Waals surface area contributed by atoms with Gasteiger partial charge in [-0.15, -0.1) is 0 Å². The quantitative estimate of drug-likeness (QED) is 0.416. The lowest BCUT2D eigenvalue weighted by atomic mass is 9.81. The maximum Gasteiger partial charge on any atom is 0.335 e. The second kappa shape index (κ2) is 11.8. The summed E-state index contributed by atoms with van der Waals surface area (Å²) in [6, 6.07) is 11.9. The highest BCUT2D eigenvalue weighted by Crippen LogP contribution is 2.49. The number of anilines is 1. The number of piperazine rings is 1. The number of hydrogen-bond acceptors (Lipinski definition) is 5. The second-order valence-corrected chi connectivity index (χ2v) is 11.6. The van der Waals surface area contributed by atoms with Gasteiger partial charge in [0.1, 0.15) is 6.61 Å². The van der Waals surface area contributed by atoms with E-state index in [-0.39, 0.29) is 5.91 Å². The van der Waals surface area contributed by atoms with Crippen LogP contribution in [0.1, 0.15) is 67.8 Å². The molecule has 218 valence electrons. The zero-order valence-corrected chi connectivity index (χ0v) is 24.4. The highest BCUT2D eigenvalue weighted by molar-refractivity contribution is 5.99. The zero-order valence-electron chi connectivity index (χ0n) is 24.4. The van der Waals surface area contributed by atoms with Gasteiger partial charge >= 0.3 is 5.97 Å². The molecule has 1 aliphatic carbocycles. The number of carbonyl (C=O) groups excluding carboxylic acids is 1. The molecule has 0 radical (unpaired) electrons. The molecule has 1 amide bonds. The van der Waals surface area contributed by atoms with Gasteiger partial charge in [-0.1, -0.05) is 38.3 Å².